The maximum atomic E-state index is 12.1. The Kier molecular flexibility index (Phi) is 3.73. The number of amides is 1. The van der Waals surface area contributed by atoms with Crippen LogP contribution in [0.15, 0.2) is 29.2 Å². The highest BCUT2D eigenvalue weighted by molar-refractivity contribution is 7.90. The molecule has 1 heterocycles. The second-order valence-electron chi connectivity index (χ2n) is 4.72. The molecule has 2 aromatic rings. The van der Waals surface area contributed by atoms with Crippen molar-refractivity contribution in [1.29, 1.82) is 0 Å². The van der Waals surface area contributed by atoms with Gasteiger partial charge in [0.25, 0.3) is 5.91 Å². The van der Waals surface area contributed by atoms with Gasteiger partial charge in [0, 0.05) is 18.9 Å². The van der Waals surface area contributed by atoms with Crippen LogP contribution in [0.1, 0.15) is 16.1 Å². The van der Waals surface area contributed by atoms with Gasteiger partial charge in [0.15, 0.2) is 15.7 Å². The lowest BCUT2D eigenvalue weighted by Gasteiger charge is -2.07. The minimum atomic E-state index is -3.28. The number of aromatic nitrogens is 2. The van der Waals surface area contributed by atoms with Crippen LogP contribution in [0.3, 0.4) is 0 Å². The van der Waals surface area contributed by atoms with Crippen LogP contribution in [0, 0.1) is 6.92 Å². The van der Waals surface area contributed by atoms with Gasteiger partial charge in [-0.05, 0) is 31.2 Å². The molecular weight excluding hydrogens is 292 g/mol. The number of nitrogens with two attached hydrogens (primary N) is 1. The molecule has 1 aromatic heterocycles. The zero-order chi connectivity index (χ0) is 15.8. The van der Waals surface area contributed by atoms with Gasteiger partial charge >= 0.3 is 0 Å². The number of nitrogen functional groups attached to an aromatic ring is 1. The van der Waals surface area contributed by atoms with E-state index in [1.807, 2.05) is 0 Å². The molecule has 0 saturated carbocycles. The van der Waals surface area contributed by atoms with Crippen LogP contribution in [0.25, 0.3) is 0 Å². The predicted molar refractivity (Wildman–Crippen MR) is 79.9 cm³/mol. The first kappa shape index (κ1) is 15.0. The van der Waals surface area contributed by atoms with Crippen molar-refractivity contribution in [2.45, 2.75) is 11.8 Å². The molecule has 3 N–H and O–H groups in total. The largest absolute Gasteiger partial charge is 0.394 e. The van der Waals surface area contributed by atoms with Crippen LogP contribution in [0.2, 0.25) is 0 Å². The van der Waals surface area contributed by atoms with Gasteiger partial charge < -0.3 is 11.1 Å². The number of benzene rings is 1. The number of carbonyl (C=O) groups excluding carboxylic acids is 1. The van der Waals surface area contributed by atoms with Crippen molar-refractivity contribution in [2.75, 3.05) is 17.3 Å². The number of carbonyl (C=O) groups is 1. The third kappa shape index (κ3) is 3.05. The highest BCUT2D eigenvalue weighted by Crippen LogP contribution is 2.21. The highest BCUT2D eigenvalue weighted by atomic mass is 32.2. The van der Waals surface area contributed by atoms with Crippen molar-refractivity contribution in [3.05, 3.63) is 35.5 Å². The number of anilines is 2. The lowest BCUT2D eigenvalue weighted by atomic mass is 10.2. The average Bonchev–Trinajstić information content (AvgIpc) is 2.64. The molecule has 1 aromatic carbocycles. The number of sulfone groups is 1. The molecular formula is C13H16N4O3S. The first-order valence-electron chi connectivity index (χ1n) is 6.10. The molecule has 112 valence electrons. The number of rotatable bonds is 3. The van der Waals surface area contributed by atoms with Crippen LogP contribution in [0.4, 0.5) is 11.5 Å². The fourth-order valence-electron chi connectivity index (χ4n) is 1.86. The summed E-state index contributed by atoms with van der Waals surface area (Å²) in [6.45, 7) is 1.74. The molecule has 0 spiro atoms. The summed E-state index contributed by atoms with van der Waals surface area (Å²) in [4.78, 5) is 12.3. The van der Waals surface area contributed by atoms with Crippen LogP contribution in [-0.2, 0) is 16.9 Å². The monoisotopic (exact) mass is 308 g/mol. The van der Waals surface area contributed by atoms with Gasteiger partial charge in [-0.2, -0.15) is 5.10 Å². The van der Waals surface area contributed by atoms with Crippen molar-refractivity contribution >= 4 is 27.2 Å². The third-order valence-electron chi connectivity index (χ3n) is 3.05. The Bertz CT molecular complexity index is 792. The van der Waals surface area contributed by atoms with E-state index in [1.165, 1.54) is 28.9 Å². The summed E-state index contributed by atoms with van der Waals surface area (Å²) in [5, 5.41) is 6.76. The molecule has 0 aliphatic rings. The maximum Gasteiger partial charge on any atom is 0.256 e. The van der Waals surface area contributed by atoms with Gasteiger partial charge in [0.2, 0.25) is 0 Å². The van der Waals surface area contributed by atoms with Crippen molar-refractivity contribution in [2.24, 2.45) is 7.05 Å². The Labute approximate surface area is 122 Å². The topological polar surface area (TPSA) is 107 Å². The third-order valence-corrected chi connectivity index (χ3v) is 4.17. The van der Waals surface area contributed by atoms with Crippen molar-refractivity contribution < 1.29 is 13.2 Å². The molecule has 0 atom stereocenters. The lowest BCUT2D eigenvalue weighted by molar-refractivity contribution is 0.102. The van der Waals surface area contributed by atoms with E-state index in [4.69, 9.17) is 5.73 Å². The lowest BCUT2D eigenvalue weighted by Crippen LogP contribution is -2.15. The Morgan fingerprint density at radius 3 is 2.29 bits per heavy atom. The summed E-state index contributed by atoms with van der Waals surface area (Å²) in [5.41, 5.74) is 7.19. The highest BCUT2D eigenvalue weighted by Gasteiger charge is 2.15. The number of hydrogen-bond acceptors (Lipinski definition) is 5. The van der Waals surface area contributed by atoms with Crippen molar-refractivity contribution in [3.8, 4) is 0 Å². The maximum absolute atomic E-state index is 12.1. The molecule has 21 heavy (non-hydrogen) atoms. The molecule has 0 unspecified atom stereocenters. The zero-order valence-corrected chi connectivity index (χ0v) is 12.7. The van der Waals surface area contributed by atoms with Gasteiger partial charge in [-0.15, -0.1) is 0 Å². The fraction of sp³-hybridized carbons (Fsp3) is 0.231. The summed E-state index contributed by atoms with van der Waals surface area (Å²) in [5.74, 6) is 0.0226. The second-order valence-corrected chi connectivity index (χ2v) is 6.74. The van der Waals surface area contributed by atoms with E-state index in [9.17, 15) is 13.2 Å². The Hall–Kier alpha value is -2.35. The molecule has 8 heteroatoms. The van der Waals surface area contributed by atoms with E-state index in [1.54, 1.807) is 14.0 Å². The molecule has 0 radical (unpaired) electrons. The minimum absolute atomic E-state index is 0.162. The van der Waals surface area contributed by atoms with Gasteiger partial charge in [-0.1, -0.05) is 0 Å². The molecule has 0 aliphatic heterocycles. The summed E-state index contributed by atoms with van der Waals surface area (Å²) in [6.07, 6.45) is 1.11. The van der Waals surface area contributed by atoms with Gasteiger partial charge in [-0.3, -0.25) is 9.48 Å². The van der Waals surface area contributed by atoms with Gasteiger partial charge in [0.1, 0.15) is 0 Å². The first-order valence-corrected chi connectivity index (χ1v) is 8.00. The summed E-state index contributed by atoms with van der Waals surface area (Å²) < 4.78 is 24.2. The summed E-state index contributed by atoms with van der Waals surface area (Å²) >= 11 is 0. The van der Waals surface area contributed by atoms with E-state index < -0.39 is 9.84 Å². The number of aryl methyl sites for hydroxylation is 2. The van der Waals surface area contributed by atoms with Crippen LogP contribution in [0.5, 0.6) is 0 Å². The molecule has 0 aliphatic carbocycles. The summed E-state index contributed by atoms with van der Waals surface area (Å²) in [7, 11) is -1.61. The Morgan fingerprint density at radius 2 is 1.86 bits per heavy atom. The molecule has 1 amide bonds. The van der Waals surface area contributed by atoms with Crippen molar-refractivity contribution in [1.82, 2.24) is 9.78 Å². The van der Waals surface area contributed by atoms with E-state index in [-0.39, 0.29) is 10.8 Å². The average molecular weight is 308 g/mol. The molecule has 0 saturated heterocycles. The van der Waals surface area contributed by atoms with E-state index in [0.717, 1.165) is 6.26 Å². The van der Waals surface area contributed by atoms with Gasteiger partial charge in [0.05, 0.1) is 16.3 Å². The standard InChI is InChI=1S/C13H16N4O3S/c1-8-11(14)12(17(2)16-8)15-13(18)9-4-6-10(7-5-9)21(3,19)20/h4-7H,14H2,1-3H3,(H,15,18). The SMILES string of the molecule is Cc1nn(C)c(NC(=O)c2ccc(S(C)(=O)=O)cc2)c1N. The van der Waals surface area contributed by atoms with Gasteiger partial charge in [-0.25, -0.2) is 8.42 Å². The van der Waals surface area contributed by atoms with Crippen LogP contribution >= 0.6 is 0 Å². The molecule has 0 fully saturated rings. The van der Waals surface area contributed by atoms with E-state index in [0.29, 0.717) is 22.8 Å². The Morgan fingerprint density at radius 1 is 1.29 bits per heavy atom. The van der Waals surface area contributed by atoms with Crippen LogP contribution in [-0.4, -0.2) is 30.4 Å². The Balaban J connectivity index is 2.25. The minimum Gasteiger partial charge on any atom is -0.394 e. The molecule has 7 nitrogen and oxygen atoms in total. The van der Waals surface area contributed by atoms with E-state index in [2.05, 4.69) is 10.4 Å². The number of nitrogens with one attached hydrogen (secondary N) is 1. The second kappa shape index (κ2) is 5.21. The first-order chi connectivity index (χ1) is 9.70. The number of nitrogens with zero attached hydrogens (tertiary/aromatic N) is 2. The normalized spacial score (nSPS) is 11.4. The molecule has 0 bridgehead atoms. The van der Waals surface area contributed by atoms with Crippen molar-refractivity contribution in [3.63, 3.8) is 0 Å². The summed E-state index contributed by atoms with van der Waals surface area (Å²) in [6, 6.07) is 5.68. The number of hydrogen-bond donors (Lipinski definition) is 2. The zero-order valence-electron chi connectivity index (χ0n) is 11.9. The quantitative estimate of drug-likeness (QED) is 0.878. The molecule has 2 rings (SSSR count). The van der Waals surface area contributed by atoms with Crippen LogP contribution < -0.4 is 11.1 Å². The van der Waals surface area contributed by atoms with E-state index >= 15 is 0 Å². The predicted octanol–water partition coefficient (Wildman–Crippen LogP) is 0.967. The fourth-order valence-corrected chi connectivity index (χ4v) is 2.49. The smallest absolute Gasteiger partial charge is 0.256 e.